The molecular weight excluding hydrogens is 680 g/mol. The highest BCUT2D eigenvalue weighted by molar-refractivity contribution is 6.73. The molecule has 8 aromatic carbocycles. The summed E-state index contributed by atoms with van der Waals surface area (Å²) in [5, 5.41) is 3.53. The van der Waals surface area contributed by atoms with Gasteiger partial charge in [0.05, 0.1) is 0 Å². The van der Waals surface area contributed by atoms with Gasteiger partial charge in [0.1, 0.15) is 70.6 Å². The van der Waals surface area contributed by atoms with Crippen molar-refractivity contribution in [3.63, 3.8) is 0 Å². The lowest BCUT2D eigenvalue weighted by Crippen LogP contribution is -2.51. The summed E-state index contributed by atoms with van der Waals surface area (Å²) in [5.74, 6) is 0.949. The largest absolute Gasteiger partial charge is 0.208 e. The van der Waals surface area contributed by atoms with E-state index in [4.69, 9.17) is 85.6 Å². The molecule has 0 aliphatic heterocycles. The maximum absolute atomic E-state index is 7.02. The fourth-order valence-corrected chi connectivity index (χ4v) is 7.81. The van der Waals surface area contributed by atoms with Gasteiger partial charge in [-0.2, -0.15) is 0 Å². The number of nitrogens with zero attached hydrogens (tertiary/aromatic N) is 3. The molecule has 0 unspecified atom stereocenters. The Labute approximate surface area is 343 Å². The van der Waals surface area contributed by atoms with Crippen LogP contribution in [0.15, 0.2) is 121 Å². The quantitative estimate of drug-likeness (QED) is 0.198. The predicted octanol–water partition coefficient (Wildman–Crippen LogP) is 0.810. The van der Waals surface area contributed by atoms with Gasteiger partial charge in [-0.05, 0) is 60.6 Å². The Morgan fingerprint density at radius 3 is 1.28 bits per heavy atom. The van der Waals surface area contributed by atoms with Crippen LogP contribution < -0.4 is 49.2 Å². The van der Waals surface area contributed by atoms with E-state index < -0.39 is 0 Å². The molecule has 18 radical (unpaired) electrons. The number of aromatic nitrogens is 3. The summed E-state index contributed by atoms with van der Waals surface area (Å²) in [6, 6.07) is 40.7. The molecule has 242 valence electrons. The van der Waals surface area contributed by atoms with Crippen LogP contribution in [0, 0.1) is 0 Å². The van der Waals surface area contributed by atoms with E-state index in [0.717, 1.165) is 44.2 Å². The molecule has 0 atom stereocenters. The molecule has 0 amide bonds. The number of hydrogen-bond acceptors (Lipinski definition) is 3. The molecule has 0 saturated heterocycles. The fraction of sp³-hybridized carbons (Fsp3) is 0. The molecular formula is C45H20B9N3. The lowest BCUT2D eigenvalue weighted by molar-refractivity contribution is 1.08. The van der Waals surface area contributed by atoms with Crippen molar-refractivity contribution in [2.75, 3.05) is 0 Å². The topological polar surface area (TPSA) is 38.7 Å². The molecule has 0 spiro atoms. The highest BCUT2D eigenvalue weighted by Crippen LogP contribution is 2.37. The zero-order chi connectivity index (χ0) is 39.7. The maximum Gasteiger partial charge on any atom is 0.164 e. The van der Waals surface area contributed by atoms with Gasteiger partial charge in [-0.25, -0.2) is 15.0 Å². The van der Waals surface area contributed by atoms with Gasteiger partial charge >= 0.3 is 0 Å². The first-order chi connectivity index (χ1) is 27.5. The smallest absolute Gasteiger partial charge is 0.164 e. The van der Waals surface area contributed by atoms with E-state index in [1.165, 1.54) is 0 Å². The molecule has 0 aliphatic carbocycles. The first-order valence-electron chi connectivity index (χ1n) is 18.1. The van der Waals surface area contributed by atoms with Crippen LogP contribution in [0.25, 0.3) is 88.7 Å². The Morgan fingerprint density at radius 1 is 0.281 bits per heavy atom. The van der Waals surface area contributed by atoms with Crippen LogP contribution in [0.3, 0.4) is 0 Å². The van der Waals surface area contributed by atoms with Crippen LogP contribution in [0.1, 0.15) is 0 Å². The van der Waals surface area contributed by atoms with Gasteiger partial charge in [-0.1, -0.05) is 154 Å². The van der Waals surface area contributed by atoms with Crippen LogP contribution in [0.2, 0.25) is 0 Å². The lowest BCUT2D eigenvalue weighted by atomic mass is 9.58. The Morgan fingerprint density at radius 2 is 0.684 bits per heavy atom. The second-order valence-corrected chi connectivity index (χ2v) is 13.9. The van der Waals surface area contributed by atoms with E-state index in [-0.39, 0.29) is 60.6 Å². The molecule has 3 nitrogen and oxygen atoms in total. The van der Waals surface area contributed by atoms with Crippen LogP contribution in [-0.2, 0) is 0 Å². The molecule has 0 saturated carbocycles. The molecule has 9 aromatic rings. The van der Waals surface area contributed by atoms with Crippen molar-refractivity contribution >= 4 is 152 Å². The molecule has 1 aromatic heterocycles. The average Bonchev–Trinajstić information content (AvgIpc) is 3.25. The van der Waals surface area contributed by atoms with Gasteiger partial charge in [-0.3, -0.25) is 0 Å². The van der Waals surface area contributed by atoms with Crippen LogP contribution >= 0.6 is 0 Å². The second kappa shape index (κ2) is 14.3. The normalized spacial score (nSPS) is 11.4. The first kappa shape index (κ1) is 36.8. The van der Waals surface area contributed by atoms with Gasteiger partial charge in [0, 0.05) is 16.7 Å². The van der Waals surface area contributed by atoms with Crippen LogP contribution in [-0.4, -0.2) is 85.6 Å². The maximum atomic E-state index is 7.02. The van der Waals surface area contributed by atoms with Gasteiger partial charge in [-0.15, -0.1) is 10.9 Å². The van der Waals surface area contributed by atoms with Crippen LogP contribution in [0.5, 0.6) is 0 Å². The minimum absolute atomic E-state index is 0.0723. The van der Waals surface area contributed by atoms with Crippen molar-refractivity contribution in [3.05, 3.63) is 121 Å². The Hall–Kier alpha value is -5.87. The highest BCUT2D eigenvalue weighted by Gasteiger charge is 2.23. The van der Waals surface area contributed by atoms with Gasteiger partial charge in [0.25, 0.3) is 0 Å². The Balaban J connectivity index is 1.28. The van der Waals surface area contributed by atoms with Gasteiger partial charge in [0.15, 0.2) is 17.5 Å². The summed E-state index contributed by atoms with van der Waals surface area (Å²) in [4.78, 5) is 14.9. The molecule has 0 aliphatic rings. The van der Waals surface area contributed by atoms with E-state index >= 15 is 0 Å². The number of hydrogen-bond donors (Lipinski definition) is 0. The first-order valence-corrected chi connectivity index (χ1v) is 18.1. The minimum Gasteiger partial charge on any atom is -0.208 e. The fourth-order valence-electron chi connectivity index (χ4n) is 7.81. The van der Waals surface area contributed by atoms with Crippen molar-refractivity contribution in [1.29, 1.82) is 0 Å². The molecule has 0 fully saturated rings. The van der Waals surface area contributed by atoms with E-state index in [2.05, 4.69) is 60.7 Å². The lowest BCUT2D eigenvalue weighted by Gasteiger charge is -2.27. The van der Waals surface area contributed by atoms with Crippen LogP contribution in [0.4, 0.5) is 0 Å². The summed E-state index contributed by atoms with van der Waals surface area (Å²) in [5.41, 5.74) is 6.99. The van der Waals surface area contributed by atoms with E-state index in [0.29, 0.717) is 33.2 Å². The Kier molecular flexibility index (Phi) is 9.19. The monoisotopic (exact) mass is 701 g/mol. The highest BCUT2D eigenvalue weighted by atomic mass is 15.0. The molecule has 9 rings (SSSR count). The third kappa shape index (κ3) is 5.92. The minimum atomic E-state index is 0.0723. The number of fused-ring (bicyclic) bond motifs is 4. The van der Waals surface area contributed by atoms with Gasteiger partial charge in [0.2, 0.25) is 0 Å². The van der Waals surface area contributed by atoms with E-state index in [1.807, 2.05) is 60.7 Å². The zero-order valence-electron chi connectivity index (χ0n) is 30.6. The molecule has 0 bridgehead atoms. The number of rotatable bonds is 5. The van der Waals surface area contributed by atoms with Crippen molar-refractivity contribution < 1.29 is 0 Å². The Bertz CT molecular complexity index is 3120. The molecule has 0 N–H and O–H groups in total. The predicted molar refractivity (Wildman–Crippen MR) is 248 cm³/mol. The third-order valence-corrected chi connectivity index (χ3v) is 10.7. The number of benzene rings is 8. The SMILES string of the molecule is [B]c1c([B])c([B])c2c(c1[B])c([B])c([B])c1c([B])c(-c3nc(-c4ccccc4)nc(-c4cccc(-c5ccc(-c6ccccc6)c6ccccc56)c4)n3)c([B])c([B])c12. The summed E-state index contributed by atoms with van der Waals surface area (Å²) in [6.45, 7) is 0. The third-order valence-electron chi connectivity index (χ3n) is 10.7. The zero-order valence-corrected chi connectivity index (χ0v) is 30.6. The van der Waals surface area contributed by atoms with Gasteiger partial charge < -0.3 is 0 Å². The van der Waals surface area contributed by atoms with Crippen molar-refractivity contribution in [1.82, 2.24) is 15.0 Å². The van der Waals surface area contributed by atoms with Crippen molar-refractivity contribution in [2.45, 2.75) is 0 Å². The van der Waals surface area contributed by atoms with E-state index in [1.54, 1.807) is 0 Å². The summed E-state index contributed by atoms with van der Waals surface area (Å²) < 4.78 is 0. The van der Waals surface area contributed by atoms with Crippen molar-refractivity contribution in [2.24, 2.45) is 0 Å². The molecule has 12 heteroatoms. The summed E-state index contributed by atoms with van der Waals surface area (Å²) >= 11 is 0. The molecule has 1 heterocycles. The summed E-state index contributed by atoms with van der Waals surface area (Å²) in [7, 11) is 59.6. The standard InChI is InChI=1S/C45H20B9N3/c46-34-31-29(30-32(38(50)37(31)49)39(51)42(54)41(53)36(30)48)35(47)40(52)33(34)45-56-43(22-12-5-2-6-13-22)55-44(57-45)24-15-9-14-23(20-24)26-19-18-25(21-10-3-1-4-11-21)27-16-7-8-17-28(26)27/h1-20H. The molecule has 57 heavy (non-hydrogen) atoms. The average molecular weight is 700 g/mol. The van der Waals surface area contributed by atoms with E-state index in [9.17, 15) is 0 Å². The second-order valence-electron chi connectivity index (χ2n) is 13.9. The van der Waals surface area contributed by atoms with Crippen molar-refractivity contribution in [3.8, 4) is 56.4 Å². The summed E-state index contributed by atoms with van der Waals surface area (Å²) in [6.07, 6.45) is 0.